The van der Waals surface area contributed by atoms with Gasteiger partial charge in [-0.25, -0.2) is 14.4 Å². The van der Waals surface area contributed by atoms with Crippen molar-refractivity contribution < 1.29 is 58.0 Å². The lowest BCUT2D eigenvalue weighted by atomic mass is 10.0. The van der Waals surface area contributed by atoms with Crippen molar-refractivity contribution in [2.24, 2.45) is 0 Å². The summed E-state index contributed by atoms with van der Waals surface area (Å²) in [6.45, 7) is 1.82. The minimum Gasteiger partial charge on any atom is -0.478 e. The van der Waals surface area contributed by atoms with Crippen LogP contribution in [0.1, 0.15) is 40.1 Å². The molecule has 2 aromatic rings. The molecule has 2 amide bonds. The number of amides is 2. The smallest absolute Gasteiger partial charge is 0.335 e. The lowest BCUT2D eigenvalue weighted by Gasteiger charge is -2.26. The molecule has 0 aliphatic rings. The van der Waals surface area contributed by atoms with Crippen LogP contribution in [0.15, 0.2) is 48.5 Å². The van der Waals surface area contributed by atoms with E-state index in [9.17, 15) is 43.8 Å². The molecule has 0 aliphatic heterocycles. The first-order valence-electron chi connectivity index (χ1n) is 11.5. The molecule has 0 heterocycles. The number of nitrogens with one attached hydrogen (secondary N) is 2. The summed E-state index contributed by atoms with van der Waals surface area (Å²) in [5, 5.41) is 23.0. The Morgan fingerprint density at radius 3 is 1.73 bits per heavy atom. The van der Waals surface area contributed by atoms with Gasteiger partial charge >= 0.3 is 29.8 Å². The highest BCUT2D eigenvalue weighted by molar-refractivity contribution is 6.03. The van der Waals surface area contributed by atoms with Crippen molar-refractivity contribution >= 4 is 47.3 Å². The Balaban J connectivity index is 2.43. The zero-order valence-corrected chi connectivity index (χ0v) is 21.5. The van der Waals surface area contributed by atoms with Crippen molar-refractivity contribution in [2.45, 2.75) is 38.5 Å². The predicted molar refractivity (Wildman–Crippen MR) is 134 cm³/mol. The van der Waals surface area contributed by atoms with Crippen molar-refractivity contribution in [3.8, 4) is 0 Å². The summed E-state index contributed by atoms with van der Waals surface area (Å²) in [5.74, 6) is -8.45. The number of carboxylic acid groups (broad SMARTS) is 2. The molecule has 0 aliphatic carbocycles. The number of hydrogen-bond acceptors (Lipinski definition) is 10. The lowest BCUT2D eigenvalue weighted by molar-refractivity contribution is -0.173. The van der Waals surface area contributed by atoms with Gasteiger partial charge in [0, 0.05) is 26.0 Å². The Morgan fingerprint density at radius 1 is 0.775 bits per heavy atom. The van der Waals surface area contributed by atoms with Crippen molar-refractivity contribution in [2.75, 3.05) is 12.4 Å². The highest BCUT2D eigenvalue weighted by atomic mass is 16.6. The van der Waals surface area contributed by atoms with Gasteiger partial charge in [-0.05, 0) is 23.8 Å². The fourth-order valence-corrected chi connectivity index (χ4v) is 3.46. The van der Waals surface area contributed by atoms with Gasteiger partial charge in [0.1, 0.15) is 6.04 Å². The number of carbonyl (C=O) groups is 7. The van der Waals surface area contributed by atoms with Gasteiger partial charge in [0.15, 0.2) is 0 Å². The Morgan fingerprint density at radius 2 is 1.27 bits per heavy atom. The third-order valence-electron chi connectivity index (χ3n) is 5.16. The van der Waals surface area contributed by atoms with Gasteiger partial charge in [0.2, 0.25) is 12.2 Å². The minimum atomic E-state index is -2.14. The summed E-state index contributed by atoms with van der Waals surface area (Å²) >= 11 is 0. The van der Waals surface area contributed by atoms with E-state index < -0.39 is 71.0 Å². The van der Waals surface area contributed by atoms with Gasteiger partial charge < -0.3 is 35.1 Å². The molecule has 0 saturated carbocycles. The first-order valence-corrected chi connectivity index (χ1v) is 11.5. The van der Waals surface area contributed by atoms with Crippen molar-refractivity contribution in [1.29, 1.82) is 0 Å². The van der Waals surface area contributed by atoms with E-state index in [-0.39, 0.29) is 12.1 Å². The molecule has 4 N–H and O–H groups in total. The van der Waals surface area contributed by atoms with E-state index in [0.717, 1.165) is 39.2 Å². The van der Waals surface area contributed by atoms with Crippen LogP contribution in [0.3, 0.4) is 0 Å². The Labute approximate surface area is 227 Å². The molecule has 14 nitrogen and oxygen atoms in total. The molecular formula is C26H26N2O12. The van der Waals surface area contributed by atoms with E-state index in [1.165, 1.54) is 0 Å². The van der Waals surface area contributed by atoms with Crippen molar-refractivity contribution in [3.63, 3.8) is 0 Å². The number of carboxylic acids is 2. The van der Waals surface area contributed by atoms with E-state index in [1.54, 1.807) is 30.3 Å². The SMILES string of the molecule is COC(=O)C(Cc1ccccc1)NC(=O)[C@H](OC(C)=O)[C@@H](OC(C)=O)C(=O)Nc1cc(C(=O)O)cc(C(=O)O)c1. The Bertz CT molecular complexity index is 1280. The second kappa shape index (κ2) is 14.0. The van der Waals surface area contributed by atoms with Gasteiger partial charge in [-0.3, -0.25) is 19.2 Å². The molecule has 0 aromatic heterocycles. The summed E-state index contributed by atoms with van der Waals surface area (Å²) in [5.41, 5.74) is -0.687. The number of esters is 3. The van der Waals surface area contributed by atoms with Gasteiger partial charge in [-0.2, -0.15) is 0 Å². The average molecular weight is 558 g/mol. The van der Waals surface area contributed by atoms with Gasteiger partial charge in [0.25, 0.3) is 11.8 Å². The molecule has 40 heavy (non-hydrogen) atoms. The Hall–Kier alpha value is -5.27. The van der Waals surface area contributed by atoms with Crippen LogP contribution in [0.5, 0.6) is 0 Å². The second-order valence-electron chi connectivity index (χ2n) is 8.23. The molecule has 3 atom stereocenters. The summed E-state index contributed by atoms with van der Waals surface area (Å²) in [4.78, 5) is 85.3. The zero-order chi connectivity index (χ0) is 30.0. The molecule has 0 radical (unpaired) electrons. The fraction of sp³-hybridized carbons (Fsp3) is 0.269. The highest BCUT2D eigenvalue weighted by Gasteiger charge is 2.41. The summed E-state index contributed by atoms with van der Waals surface area (Å²) in [6, 6.07) is 9.88. The molecule has 212 valence electrons. The normalized spacial score (nSPS) is 12.6. The van der Waals surface area contributed by atoms with Crippen LogP contribution in [-0.2, 0) is 44.6 Å². The maximum Gasteiger partial charge on any atom is 0.335 e. The van der Waals surface area contributed by atoms with Gasteiger partial charge in [0.05, 0.1) is 18.2 Å². The first kappa shape index (κ1) is 31.0. The minimum absolute atomic E-state index is 0.0452. The molecule has 2 rings (SSSR count). The van der Waals surface area contributed by atoms with Crippen LogP contribution >= 0.6 is 0 Å². The summed E-state index contributed by atoms with van der Waals surface area (Å²) in [6.07, 6.45) is -4.31. The third kappa shape index (κ3) is 8.93. The molecule has 0 bridgehead atoms. The zero-order valence-electron chi connectivity index (χ0n) is 21.5. The van der Waals surface area contributed by atoms with Crippen LogP contribution in [0.4, 0.5) is 5.69 Å². The van der Waals surface area contributed by atoms with Gasteiger partial charge in [-0.15, -0.1) is 0 Å². The highest BCUT2D eigenvalue weighted by Crippen LogP contribution is 2.18. The lowest BCUT2D eigenvalue weighted by Crippen LogP contribution is -2.55. The number of benzene rings is 2. The predicted octanol–water partition coefficient (Wildman–Crippen LogP) is 0.785. The molecule has 0 saturated heterocycles. The molecule has 1 unspecified atom stereocenters. The van der Waals surface area contributed by atoms with E-state index in [0.29, 0.717) is 5.56 Å². The number of methoxy groups -OCH3 is 1. The monoisotopic (exact) mass is 558 g/mol. The van der Waals surface area contributed by atoms with Crippen LogP contribution < -0.4 is 10.6 Å². The van der Waals surface area contributed by atoms with Crippen LogP contribution in [0.25, 0.3) is 0 Å². The number of anilines is 1. The molecule has 14 heteroatoms. The Kier molecular flexibility index (Phi) is 10.9. The fourth-order valence-electron chi connectivity index (χ4n) is 3.46. The average Bonchev–Trinajstić information content (AvgIpc) is 2.89. The molecule has 2 aromatic carbocycles. The van der Waals surface area contributed by atoms with Crippen LogP contribution in [0.2, 0.25) is 0 Å². The maximum atomic E-state index is 13.2. The number of hydrogen-bond donors (Lipinski definition) is 4. The summed E-state index contributed by atoms with van der Waals surface area (Å²) in [7, 11) is 1.09. The van der Waals surface area contributed by atoms with E-state index in [2.05, 4.69) is 10.6 Å². The largest absolute Gasteiger partial charge is 0.478 e. The topological polar surface area (TPSA) is 212 Å². The van der Waals surface area contributed by atoms with Crippen LogP contribution in [-0.4, -0.2) is 77.2 Å². The standard InChI is InChI=1S/C26H26N2O12/c1-13(29)39-20(22(31)27-18-11-16(24(33)34)10-17(12-18)25(35)36)21(40-14(2)30)23(32)28-19(26(37)38-3)9-15-7-5-4-6-8-15/h4-8,10-12,19-21H,9H2,1-3H3,(H,27,31)(H,28,32)(H,33,34)(H,35,36)/t19?,20-,21-/m1/s1. The molecule has 0 fully saturated rings. The number of carbonyl (C=O) groups excluding carboxylic acids is 5. The number of rotatable bonds is 12. The maximum absolute atomic E-state index is 13.2. The quantitative estimate of drug-likeness (QED) is 0.210. The van der Waals surface area contributed by atoms with E-state index in [1.807, 2.05) is 0 Å². The molecular weight excluding hydrogens is 532 g/mol. The first-order chi connectivity index (χ1) is 18.8. The van der Waals surface area contributed by atoms with Crippen LogP contribution in [0, 0.1) is 0 Å². The van der Waals surface area contributed by atoms with Crippen molar-refractivity contribution in [3.05, 3.63) is 65.2 Å². The molecule has 0 spiro atoms. The summed E-state index contributed by atoms with van der Waals surface area (Å²) < 4.78 is 14.7. The van der Waals surface area contributed by atoms with E-state index >= 15 is 0 Å². The van der Waals surface area contributed by atoms with E-state index in [4.69, 9.17) is 14.2 Å². The third-order valence-corrected chi connectivity index (χ3v) is 5.16. The second-order valence-corrected chi connectivity index (χ2v) is 8.23. The van der Waals surface area contributed by atoms with Gasteiger partial charge in [-0.1, -0.05) is 30.3 Å². The number of aromatic carboxylic acids is 2. The number of ether oxygens (including phenoxy) is 3. The van der Waals surface area contributed by atoms with Crippen molar-refractivity contribution in [1.82, 2.24) is 5.32 Å².